The number of hydrogen-bond donors (Lipinski definition) is 3. The van der Waals surface area contributed by atoms with E-state index in [4.69, 9.17) is 4.42 Å². The number of benzene rings is 1. The number of furan rings is 1. The maximum Gasteiger partial charge on any atom is 0.315 e. The molecule has 6 heteroatoms. The van der Waals surface area contributed by atoms with E-state index >= 15 is 0 Å². The summed E-state index contributed by atoms with van der Waals surface area (Å²) in [6.07, 6.45) is 0.860. The predicted octanol–water partition coefficient (Wildman–Crippen LogP) is 2.07. The minimum absolute atomic E-state index is 0.126. The van der Waals surface area contributed by atoms with Gasteiger partial charge in [0.1, 0.15) is 17.4 Å². The number of carbonyl (C=O) groups is 2. The Labute approximate surface area is 134 Å². The third-order valence-corrected chi connectivity index (χ3v) is 4.39. The molecule has 23 heavy (non-hydrogen) atoms. The van der Waals surface area contributed by atoms with Crippen molar-refractivity contribution in [1.82, 2.24) is 16.0 Å². The summed E-state index contributed by atoms with van der Waals surface area (Å²) < 4.78 is 5.76. The number of carbonyl (C=O) groups excluding carboxylic acids is 2. The van der Waals surface area contributed by atoms with Gasteiger partial charge in [0, 0.05) is 17.5 Å². The summed E-state index contributed by atoms with van der Waals surface area (Å²) in [6, 6.07) is 6.92. The maximum absolute atomic E-state index is 12.1. The lowest BCUT2D eigenvalue weighted by Crippen LogP contribution is -2.56. The van der Waals surface area contributed by atoms with E-state index in [0.29, 0.717) is 6.54 Å². The molecule has 1 fully saturated rings. The van der Waals surface area contributed by atoms with Gasteiger partial charge in [0.15, 0.2) is 0 Å². The van der Waals surface area contributed by atoms with Gasteiger partial charge in [-0.25, -0.2) is 4.79 Å². The van der Waals surface area contributed by atoms with Crippen LogP contribution in [0.15, 0.2) is 28.7 Å². The zero-order chi connectivity index (χ0) is 16.4. The third-order valence-electron chi connectivity index (χ3n) is 4.39. The molecule has 0 bridgehead atoms. The first kappa shape index (κ1) is 15.4. The first-order valence-corrected chi connectivity index (χ1v) is 7.85. The van der Waals surface area contributed by atoms with E-state index in [0.717, 1.165) is 28.7 Å². The molecule has 2 aromatic rings. The number of piperidine rings is 1. The summed E-state index contributed by atoms with van der Waals surface area (Å²) in [5.74, 6) is 0.726. The van der Waals surface area contributed by atoms with Gasteiger partial charge in [0.25, 0.3) is 0 Å². The minimum atomic E-state index is -0.486. The molecule has 2 heterocycles. The van der Waals surface area contributed by atoms with Gasteiger partial charge in [-0.15, -0.1) is 0 Å². The van der Waals surface area contributed by atoms with Crippen LogP contribution >= 0.6 is 0 Å². The third kappa shape index (κ3) is 3.16. The summed E-state index contributed by atoms with van der Waals surface area (Å²) in [6.45, 7) is 4.89. The fraction of sp³-hybridized carbons (Fsp3) is 0.412. The first-order valence-electron chi connectivity index (χ1n) is 7.85. The zero-order valence-electron chi connectivity index (χ0n) is 13.3. The van der Waals surface area contributed by atoms with Gasteiger partial charge >= 0.3 is 6.03 Å². The van der Waals surface area contributed by atoms with E-state index < -0.39 is 6.04 Å². The molecule has 0 spiro atoms. The predicted molar refractivity (Wildman–Crippen MR) is 86.9 cm³/mol. The molecule has 2 unspecified atom stereocenters. The quantitative estimate of drug-likeness (QED) is 0.811. The highest BCUT2D eigenvalue weighted by atomic mass is 16.3. The summed E-state index contributed by atoms with van der Waals surface area (Å²) in [5, 5.41) is 9.32. The van der Waals surface area contributed by atoms with Crippen molar-refractivity contribution in [1.29, 1.82) is 0 Å². The Morgan fingerprint density at radius 3 is 2.91 bits per heavy atom. The van der Waals surface area contributed by atoms with E-state index in [1.807, 2.05) is 38.1 Å². The molecule has 3 N–H and O–H groups in total. The summed E-state index contributed by atoms with van der Waals surface area (Å²) in [4.78, 5) is 23.9. The Morgan fingerprint density at radius 1 is 1.39 bits per heavy atom. The maximum atomic E-state index is 12.1. The van der Waals surface area contributed by atoms with Gasteiger partial charge in [-0.3, -0.25) is 4.79 Å². The number of hydrogen-bond acceptors (Lipinski definition) is 3. The largest absolute Gasteiger partial charge is 0.459 e. The van der Waals surface area contributed by atoms with Crippen LogP contribution in [0.5, 0.6) is 0 Å². The lowest BCUT2D eigenvalue weighted by Gasteiger charge is -2.28. The molecule has 6 nitrogen and oxygen atoms in total. The van der Waals surface area contributed by atoms with Crippen molar-refractivity contribution in [3.63, 3.8) is 0 Å². The molecule has 1 saturated heterocycles. The monoisotopic (exact) mass is 315 g/mol. The SMILES string of the molecule is Cc1c(CNC(=O)NC2C(=O)NCCC2C)oc2ccccc12. The highest BCUT2D eigenvalue weighted by Gasteiger charge is 2.30. The molecule has 122 valence electrons. The van der Waals surface area contributed by atoms with Crippen LogP contribution in [0.1, 0.15) is 24.7 Å². The number of rotatable bonds is 3. The van der Waals surface area contributed by atoms with Crippen molar-refractivity contribution in [2.45, 2.75) is 32.9 Å². The van der Waals surface area contributed by atoms with Crippen LogP contribution in [0, 0.1) is 12.8 Å². The minimum Gasteiger partial charge on any atom is -0.459 e. The molecular weight excluding hydrogens is 294 g/mol. The zero-order valence-corrected chi connectivity index (χ0v) is 13.3. The summed E-state index contributed by atoms with van der Waals surface area (Å²) >= 11 is 0. The second-order valence-corrected chi connectivity index (χ2v) is 6.01. The average Bonchev–Trinajstić information content (AvgIpc) is 2.86. The molecule has 1 aliphatic heterocycles. The highest BCUT2D eigenvalue weighted by Crippen LogP contribution is 2.24. The Balaban J connectivity index is 1.62. The first-order chi connectivity index (χ1) is 11.1. The number of amides is 3. The van der Waals surface area contributed by atoms with Crippen molar-refractivity contribution in [3.8, 4) is 0 Å². The molecule has 3 amide bonds. The molecule has 1 aromatic carbocycles. The van der Waals surface area contributed by atoms with E-state index in [-0.39, 0.29) is 24.4 Å². The smallest absolute Gasteiger partial charge is 0.315 e. The van der Waals surface area contributed by atoms with Gasteiger partial charge in [-0.1, -0.05) is 25.1 Å². The molecule has 0 saturated carbocycles. The van der Waals surface area contributed by atoms with Crippen molar-refractivity contribution in [2.24, 2.45) is 5.92 Å². The Kier molecular flexibility index (Phi) is 4.23. The van der Waals surface area contributed by atoms with Crippen molar-refractivity contribution >= 4 is 22.9 Å². The standard InChI is InChI=1S/C17H21N3O3/c1-10-7-8-18-16(21)15(10)20-17(22)19-9-14-11(2)12-5-3-4-6-13(12)23-14/h3-6,10,15H,7-9H2,1-2H3,(H,18,21)(H2,19,20,22). The van der Waals surface area contributed by atoms with Crippen LogP contribution in [0.2, 0.25) is 0 Å². The Hall–Kier alpha value is -2.50. The molecule has 1 aromatic heterocycles. The Morgan fingerprint density at radius 2 is 2.17 bits per heavy atom. The van der Waals surface area contributed by atoms with E-state index in [1.165, 1.54) is 0 Å². The van der Waals surface area contributed by atoms with Crippen LogP contribution in [0.3, 0.4) is 0 Å². The molecule has 1 aliphatic rings. The molecule has 3 rings (SSSR count). The van der Waals surface area contributed by atoms with Crippen molar-refractivity contribution < 1.29 is 14.0 Å². The average molecular weight is 315 g/mol. The number of aryl methyl sites for hydroxylation is 1. The molecular formula is C17H21N3O3. The normalized spacial score (nSPS) is 21.0. The fourth-order valence-electron chi connectivity index (χ4n) is 2.91. The fourth-order valence-corrected chi connectivity index (χ4v) is 2.91. The van der Waals surface area contributed by atoms with Crippen LogP contribution < -0.4 is 16.0 Å². The van der Waals surface area contributed by atoms with E-state index in [9.17, 15) is 9.59 Å². The van der Waals surface area contributed by atoms with Gasteiger partial charge in [0.2, 0.25) is 5.91 Å². The number of nitrogens with one attached hydrogen (secondary N) is 3. The van der Waals surface area contributed by atoms with Crippen LogP contribution in [0.25, 0.3) is 11.0 Å². The lowest BCUT2D eigenvalue weighted by molar-refractivity contribution is -0.125. The number of para-hydroxylation sites is 1. The number of urea groups is 1. The van der Waals surface area contributed by atoms with Gasteiger partial charge in [-0.05, 0) is 25.3 Å². The molecule has 2 atom stereocenters. The molecule has 0 aliphatic carbocycles. The number of fused-ring (bicyclic) bond motifs is 1. The van der Waals surface area contributed by atoms with Crippen molar-refractivity contribution in [2.75, 3.05) is 6.54 Å². The van der Waals surface area contributed by atoms with Gasteiger partial charge in [0.05, 0.1) is 6.54 Å². The van der Waals surface area contributed by atoms with Gasteiger partial charge < -0.3 is 20.4 Å². The van der Waals surface area contributed by atoms with E-state index in [1.54, 1.807) is 0 Å². The second kappa shape index (κ2) is 6.32. The summed E-state index contributed by atoms with van der Waals surface area (Å²) in [5.41, 5.74) is 1.83. The topological polar surface area (TPSA) is 83.4 Å². The Bertz CT molecular complexity index is 738. The van der Waals surface area contributed by atoms with Crippen LogP contribution in [-0.2, 0) is 11.3 Å². The van der Waals surface area contributed by atoms with Gasteiger partial charge in [-0.2, -0.15) is 0 Å². The van der Waals surface area contributed by atoms with Crippen LogP contribution in [0.4, 0.5) is 4.79 Å². The van der Waals surface area contributed by atoms with Crippen LogP contribution in [-0.4, -0.2) is 24.5 Å². The highest BCUT2D eigenvalue weighted by molar-refractivity contribution is 5.88. The second-order valence-electron chi connectivity index (χ2n) is 6.01. The van der Waals surface area contributed by atoms with E-state index in [2.05, 4.69) is 16.0 Å². The van der Waals surface area contributed by atoms with Crippen molar-refractivity contribution in [3.05, 3.63) is 35.6 Å². The lowest BCUT2D eigenvalue weighted by atomic mass is 9.94. The summed E-state index contributed by atoms with van der Waals surface area (Å²) in [7, 11) is 0. The molecule has 0 radical (unpaired) electrons.